The summed E-state index contributed by atoms with van der Waals surface area (Å²) in [5, 5.41) is 3.67. The van der Waals surface area contributed by atoms with Crippen LogP contribution in [0.5, 0.6) is 0 Å². The van der Waals surface area contributed by atoms with Crippen molar-refractivity contribution in [2.75, 3.05) is 26.2 Å². The topological polar surface area (TPSA) is 15.3 Å². The zero-order valence-electron chi connectivity index (χ0n) is 13.5. The average Bonchev–Trinajstić information content (AvgIpc) is 2.75. The molecule has 2 nitrogen and oxygen atoms in total. The van der Waals surface area contributed by atoms with Crippen LogP contribution in [0.4, 0.5) is 0 Å². The van der Waals surface area contributed by atoms with Crippen molar-refractivity contribution in [2.45, 2.75) is 33.7 Å². The normalized spacial score (nSPS) is 26.6. The van der Waals surface area contributed by atoms with E-state index in [1.807, 2.05) is 0 Å². The van der Waals surface area contributed by atoms with Gasteiger partial charge in [0.2, 0.25) is 0 Å². The number of hydrogen-bond acceptors (Lipinski definition) is 2. The molecule has 1 aliphatic rings. The van der Waals surface area contributed by atoms with E-state index in [4.69, 9.17) is 0 Å². The summed E-state index contributed by atoms with van der Waals surface area (Å²) in [6, 6.07) is 11.4. The van der Waals surface area contributed by atoms with Gasteiger partial charge in [-0.2, -0.15) is 0 Å². The molecule has 1 heterocycles. The maximum atomic E-state index is 3.67. The minimum absolute atomic E-state index is 0.465. The Morgan fingerprint density at radius 2 is 1.75 bits per heavy atom. The summed E-state index contributed by atoms with van der Waals surface area (Å²) >= 11 is 0. The number of rotatable bonds is 6. The fourth-order valence-electron chi connectivity index (χ4n) is 3.44. The Morgan fingerprint density at radius 1 is 1.15 bits per heavy atom. The van der Waals surface area contributed by atoms with Crippen LogP contribution in [0.3, 0.4) is 0 Å². The number of benzene rings is 1. The van der Waals surface area contributed by atoms with Crippen molar-refractivity contribution in [3.63, 3.8) is 0 Å². The predicted octanol–water partition coefficient (Wildman–Crippen LogP) is 3.56. The molecule has 1 saturated heterocycles. The van der Waals surface area contributed by atoms with Crippen LogP contribution in [-0.4, -0.2) is 31.1 Å². The van der Waals surface area contributed by atoms with E-state index in [0.29, 0.717) is 12.0 Å². The SMILES string of the molecule is CCNC(c1ccccc1)C(C)CN1CC(C)C(C)C1. The van der Waals surface area contributed by atoms with Gasteiger partial charge in [0.15, 0.2) is 0 Å². The second kappa shape index (κ2) is 7.24. The highest BCUT2D eigenvalue weighted by atomic mass is 15.2. The quantitative estimate of drug-likeness (QED) is 0.853. The highest BCUT2D eigenvalue weighted by Gasteiger charge is 2.28. The lowest BCUT2D eigenvalue weighted by molar-refractivity contribution is 0.241. The number of nitrogens with zero attached hydrogens (tertiary/aromatic N) is 1. The van der Waals surface area contributed by atoms with Crippen molar-refractivity contribution in [3.8, 4) is 0 Å². The third-order valence-corrected chi connectivity index (χ3v) is 4.76. The van der Waals surface area contributed by atoms with Crippen LogP contribution in [0.1, 0.15) is 39.3 Å². The molecule has 0 amide bonds. The summed E-state index contributed by atoms with van der Waals surface area (Å²) in [5.74, 6) is 2.32. The molecule has 0 radical (unpaired) electrons. The van der Waals surface area contributed by atoms with Gasteiger partial charge in [0.25, 0.3) is 0 Å². The lowest BCUT2D eigenvalue weighted by Gasteiger charge is -2.29. The van der Waals surface area contributed by atoms with E-state index >= 15 is 0 Å². The molecule has 2 rings (SSSR count). The number of nitrogens with one attached hydrogen (secondary N) is 1. The molecule has 1 fully saturated rings. The summed E-state index contributed by atoms with van der Waals surface area (Å²) in [4.78, 5) is 2.65. The summed E-state index contributed by atoms with van der Waals surface area (Å²) in [6.07, 6.45) is 0. The molecule has 20 heavy (non-hydrogen) atoms. The fourth-order valence-corrected chi connectivity index (χ4v) is 3.44. The van der Waals surface area contributed by atoms with Gasteiger partial charge in [0.05, 0.1) is 0 Å². The van der Waals surface area contributed by atoms with E-state index < -0.39 is 0 Å². The standard InChI is InChI=1S/C18H30N2/c1-5-19-18(17-9-7-6-8-10-17)16(4)13-20-11-14(2)15(3)12-20/h6-10,14-16,18-19H,5,11-13H2,1-4H3. The molecule has 1 aliphatic heterocycles. The van der Waals surface area contributed by atoms with E-state index in [0.717, 1.165) is 18.4 Å². The third-order valence-electron chi connectivity index (χ3n) is 4.76. The van der Waals surface area contributed by atoms with E-state index in [1.54, 1.807) is 0 Å². The lowest BCUT2D eigenvalue weighted by atomic mass is 9.94. The van der Waals surface area contributed by atoms with Gasteiger partial charge in [-0.25, -0.2) is 0 Å². The van der Waals surface area contributed by atoms with E-state index in [9.17, 15) is 0 Å². The van der Waals surface area contributed by atoms with Crippen molar-refractivity contribution in [1.29, 1.82) is 0 Å². The molecule has 0 bridgehead atoms. The molecular weight excluding hydrogens is 244 g/mol. The maximum Gasteiger partial charge on any atom is 0.0358 e. The molecule has 1 aromatic rings. The monoisotopic (exact) mass is 274 g/mol. The second-order valence-corrected chi connectivity index (χ2v) is 6.60. The smallest absolute Gasteiger partial charge is 0.0358 e. The van der Waals surface area contributed by atoms with E-state index in [-0.39, 0.29) is 0 Å². The number of hydrogen-bond donors (Lipinski definition) is 1. The Hall–Kier alpha value is -0.860. The first kappa shape index (κ1) is 15.5. The van der Waals surface area contributed by atoms with Gasteiger partial charge in [-0.15, -0.1) is 0 Å². The molecule has 1 aromatic carbocycles. The van der Waals surface area contributed by atoms with Gasteiger partial charge < -0.3 is 10.2 Å². The fraction of sp³-hybridized carbons (Fsp3) is 0.667. The molecule has 0 spiro atoms. The largest absolute Gasteiger partial charge is 0.310 e. The van der Waals surface area contributed by atoms with Gasteiger partial charge in [0.1, 0.15) is 0 Å². The van der Waals surface area contributed by atoms with Crippen molar-refractivity contribution in [1.82, 2.24) is 10.2 Å². The van der Waals surface area contributed by atoms with Gasteiger partial charge in [-0.05, 0) is 29.9 Å². The molecule has 4 unspecified atom stereocenters. The predicted molar refractivity (Wildman–Crippen MR) is 86.8 cm³/mol. The van der Waals surface area contributed by atoms with E-state index in [1.165, 1.54) is 25.2 Å². The minimum Gasteiger partial charge on any atom is -0.310 e. The molecular formula is C18H30N2. The first-order chi connectivity index (χ1) is 9.61. The van der Waals surface area contributed by atoms with Crippen molar-refractivity contribution >= 4 is 0 Å². The molecule has 112 valence electrons. The third kappa shape index (κ3) is 3.83. The number of likely N-dealkylation sites (tertiary alicyclic amines) is 1. The Balaban J connectivity index is 1.99. The average molecular weight is 274 g/mol. The van der Waals surface area contributed by atoms with Gasteiger partial charge in [0, 0.05) is 25.7 Å². The van der Waals surface area contributed by atoms with Crippen molar-refractivity contribution < 1.29 is 0 Å². The van der Waals surface area contributed by atoms with Crippen LogP contribution >= 0.6 is 0 Å². The van der Waals surface area contributed by atoms with Crippen LogP contribution in [0, 0.1) is 17.8 Å². The van der Waals surface area contributed by atoms with Crippen LogP contribution < -0.4 is 5.32 Å². The first-order valence-electron chi connectivity index (χ1n) is 8.12. The second-order valence-electron chi connectivity index (χ2n) is 6.60. The molecule has 2 heteroatoms. The summed E-state index contributed by atoms with van der Waals surface area (Å²) < 4.78 is 0. The minimum atomic E-state index is 0.465. The van der Waals surface area contributed by atoms with Crippen LogP contribution in [-0.2, 0) is 0 Å². The van der Waals surface area contributed by atoms with Crippen LogP contribution in [0.15, 0.2) is 30.3 Å². The molecule has 0 saturated carbocycles. The maximum absolute atomic E-state index is 3.67. The van der Waals surface area contributed by atoms with Crippen LogP contribution in [0.2, 0.25) is 0 Å². The van der Waals surface area contributed by atoms with Crippen LogP contribution in [0.25, 0.3) is 0 Å². The van der Waals surface area contributed by atoms with Gasteiger partial charge in [-0.1, -0.05) is 58.0 Å². The van der Waals surface area contributed by atoms with Gasteiger partial charge in [-0.3, -0.25) is 0 Å². The highest BCUT2D eigenvalue weighted by Crippen LogP contribution is 2.27. The van der Waals surface area contributed by atoms with Crippen molar-refractivity contribution in [2.24, 2.45) is 17.8 Å². The molecule has 1 N–H and O–H groups in total. The lowest BCUT2D eigenvalue weighted by Crippen LogP contribution is -2.35. The summed E-state index contributed by atoms with van der Waals surface area (Å²) in [7, 11) is 0. The van der Waals surface area contributed by atoms with E-state index in [2.05, 4.69) is 68.2 Å². The highest BCUT2D eigenvalue weighted by molar-refractivity contribution is 5.19. The molecule has 4 atom stereocenters. The Morgan fingerprint density at radius 3 is 2.30 bits per heavy atom. The molecule has 0 aliphatic carbocycles. The Kier molecular flexibility index (Phi) is 5.62. The van der Waals surface area contributed by atoms with Gasteiger partial charge >= 0.3 is 0 Å². The Labute approximate surface area is 124 Å². The summed E-state index contributed by atoms with van der Waals surface area (Å²) in [5.41, 5.74) is 1.42. The Bertz CT molecular complexity index is 380. The first-order valence-corrected chi connectivity index (χ1v) is 8.12. The molecule has 0 aromatic heterocycles. The van der Waals surface area contributed by atoms with Crippen molar-refractivity contribution in [3.05, 3.63) is 35.9 Å². The zero-order chi connectivity index (χ0) is 14.5. The zero-order valence-corrected chi connectivity index (χ0v) is 13.5. The summed E-state index contributed by atoms with van der Waals surface area (Å²) in [6.45, 7) is 14.1.